The Balaban J connectivity index is 0.000000902. The van der Waals surface area contributed by atoms with Crippen LogP contribution >= 0.6 is 40.7 Å². The van der Waals surface area contributed by atoms with Crippen LogP contribution in [-0.4, -0.2) is 9.38 Å². The quantitative estimate of drug-likeness (QED) is 0.707. The molecule has 3 rings (SSSR count). The van der Waals surface area contributed by atoms with Crippen molar-refractivity contribution in [1.29, 1.82) is 0 Å². The van der Waals surface area contributed by atoms with Gasteiger partial charge in [0.1, 0.15) is 11.5 Å². The molecule has 0 unspecified atom stereocenters. The number of nitrogens with two attached hydrogens (primary N) is 1. The molecule has 6 heteroatoms. The van der Waals surface area contributed by atoms with Gasteiger partial charge in [0.05, 0.1) is 4.47 Å². The lowest BCUT2D eigenvalue weighted by Crippen LogP contribution is -1.93. The molecule has 0 saturated carbocycles. The van der Waals surface area contributed by atoms with Gasteiger partial charge in [0.2, 0.25) is 0 Å². The lowest BCUT2D eigenvalue weighted by molar-refractivity contribution is 1.19. The molecule has 0 saturated heterocycles. The lowest BCUT2D eigenvalue weighted by Gasteiger charge is -1.98. The summed E-state index contributed by atoms with van der Waals surface area (Å²) in [4.78, 5) is 4.57. The highest BCUT2D eigenvalue weighted by molar-refractivity contribution is 9.10. The summed E-state index contributed by atoms with van der Waals surface area (Å²) < 4.78 is 2.82. The zero-order valence-electron chi connectivity index (χ0n) is 9.79. The van der Waals surface area contributed by atoms with Crippen molar-refractivity contribution in [3.8, 4) is 11.3 Å². The number of benzene rings is 1. The molecule has 0 fully saturated rings. The summed E-state index contributed by atoms with van der Waals surface area (Å²) in [6.45, 7) is 0. The van der Waals surface area contributed by atoms with E-state index in [0.717, 1.165) is 21.4 Å². The monoisotopic (exact) mass is 359 g/mol. The van der Waals surface area contributed by atoms with Crippen molar-refractivity contribution in [1.82, 2.24) is 9.38 Å². The van der Waals surface area contributed by atoms with Gasteiger partial charge in [0.25, 0.3) is 0 Å². The molecule has 0 aliphatic heterocycles. The SMILES string of the molecule is Cl.Cl.Nc1c(-c2ccccc2)nc2c(Br)cccn12. The number of imidazole rings is 1. The van der Waals surface area contributed by atoms with Gasteiger partial charge in [0.15, 0.2) is 5.65 Å². The Kier molecular flexibility index (Phi) is 5.23. The van der Waals surface area contributed by atoms with E-state index in [0.29, 0.717) is 5.82 Å². The molecule has 1 aromatic carbocycles. The van der Waals surface area contributed by atoms with E-state index in [1.165, 1.54) is 0 Å². The van der Waals surface area contributed by atoms with Crippen molar-refractivity contribution < 1.29 is 0 Å². The Bertz CT molecular complexity index is 683. The summed E-state index contributed by atoms with van der Waals surface area (Å²) >= 11 is 3.48. The van der Waals surface area contributed by atoms with Gasteiger partial charge in [-0.25, -0.2) is 4.98 Å². The first-order chi connectivity index (χ1) is 8.27. The summed E-state index contributed by atoms with van der Waals surface area (Å²) in [7, 11) is 0. The Labute approximate surface area is 131 Å². The van der Waals surface area contributed by atoms with E-state index in [2.05, 4.69) is 20.9 Å². The topological polar surface area (TPSA) is 43.3 Å². The molecule has 0 amide bonds. The molecule has 19 heavy (non-hydrogen) atoms. The highest BCUT2D eigenvalue weighted by atomic mass is 79.9. The van der Waals surface area contributed by atoms with Gasteiger partial charge in [0, 0.05) is 11.8 Å². The predicted octanol–water partition coefficient (Wildman–Crippen LogP) is 4.19. The summed E-state index contributed by atoms with van der Waals surface area (Å²) in [5, 5.41) is 0. The lowest BCUT2D eigenvalue weighted by atomic mass is 10.1. The van der Waals surface area contributed by atoms with Crippen LogP contribution in [0.5, 0.6) is 0 Å². The van der Waals surface area contributed by atoms with Gasteiger partial charge >= 0.3 is 0 Å². The zero-order valence-corrected chi connectivity index (χ0v) is 13.0. The molecule has 2 aromatic heterocycles. The molecule has 0 aliphatic rings. The van der Waals surface area contributed by atoms with Crippen LogP contribution in [0, 0.1) is 0 Å². The maximum atomic E-state index is 6.12. The number of nitrogen functional groups attached to an aromatic ring is 1. The van der Waals surface area contributed by atoms with Crippen LogP contribution in [0.4, 0.5) is 5.82 Å². The smallest absolute Gasteiger partial charge is 0.153 e. The first-order valence-corrected chi connectivity index (χ1v) is 6.04. The second-order valence-electron chi connectivity index (χ2n) is 3.76. The molecule has 0 spiro atoms. The standard InChI is InChI=1S/C13H10BrN3.2ClH/c14-10-7-4-8-17-12(15)11(16-13(10)17)9-5-2-1-3-6-9;;/h1-8H,15H2;2*1H. The summed E-state index contributed by atoms with van der Waals surface area (Å²) in [5.74, 6) is 0.660. The second kappa shape index (κ2) is 6.28. The molecular weight excluding hydrogens is 349 g/mol. The average molecular weight is 361 g/mol. The largest absolute Gasteiger partial charge is 0.383 e. The van der Waals surface area contributed by atoms with Crippen LogP contribution in [0.2, 0.25) is 0 Å². The third-order valence-corrected chi connectivity index (χ3v) is 3.31. The molecule has 2 heterocycles. The molecule has 3 aromatic rings. The molecular formula is C13H12BrCl2N3. The van der Waals surface area contributed by atoms with Crippen molar-refractivity contribution >= 4 is 52.2 Å². The predicted molar refractivity (Wildman–Crippen MR) is 87.2 cm³/mol. The minimum Gasteiger partial charge on any atom is -0.383 e. The Morgan fingerprint density at radius 3 is 2.32 bits per heavy atom. The molecule has 100 valence electrons. The van der Waals surface area contributed by atoms with Crippen LogP contribution in [-0.2, 0) is 0 Å². The van der Waals surface area contributed by atoms with E-state index in [4.69, 9.17) is 5.73 Å². The molecule has 0 atom stereocenters. The maximum Gasteiger partial charge on any atom is 0.153 e. The van der Waals surface area contributed by atoms with E-state index < -0.39 is 0 Å². The fraction of sp³-hybridized carbons (Fsp3) is 0. The van der Waals surface area contributed by atoms with E-state index >= 15 is 0 Å². The van der Waals surface area contributed by atoms with Crippen LogP contribution in [0.3, 0.4) is 0 Å². The van der Waals surface area contributed by atoms with E-state index in [1.807, 2.05) is 53.1 Å². The third kappa shape index (κ3) is 2.71. The minimum absolute atomic E-state index is 0. The minimum atomic E-state index is 0. The van der Waals surface area contributed by atoms with Crippen LogP contribution in [0.15, 0.2) is 53.1 Å². The molecule has 2 N–H and O–H groups in total. The Hall–Kier alpha value is -1.23. The summed E-state index contributed by atoms with van der Waals surface area (Å²) in [6, 6.07) is 13.8. The number of hydrogen-bond donors (Lipinski definition) is 1. The average Bonchev–Trinajstić information content (AvgIpc) is 2.70. The van der Waals surface area contributed by atoms with E-state index in [-0.39, 0.29) is 24.8 Å². The normalized spacial score (nSPS) is 9.74. The second-order valence-corrected chi connectivity index (χ2v) is 4.62. The van der Waals surface area contributed by atoms with Gasteiger partial charge in [-0.2, -0.15) is 0 Å². The van der Waals surface area contributed by atoms with Crippen molar-refractivity contribution in [2.45, 2.75) is 0 Å². The van der Waals surface area contributed by atoms with E-state index in [9.17, 15) is 0 Å². The van der Waals surface area contributed by atoms with Gasteiger partial charge in [-0.15, -0.1) is 24.8 Å². The molecule has 0 aliphatic carbocycles. The number of aromatic nitrogens is 2. The first kappa shape index (κ1) is 15.8. The van der Waals surface area contributed by atoms with Crippen LogP contribution < -0.4 is 5.73 Å². The maximum absolute atomic E-state index is 6.12. The molecule has 3 nitrogen and oxygen atoms in total. The van der Waals surface area contributed by atoms with Crippen LogP contribution in [0.1, 0.15) is 0 Å². The van der Waals surface area contributed by atoms with Gasteiger partial charge < -0.3 is 5.73 Å². The summed E-state index contributed by atoms with van der Waals surface area (Å²) in [5.41, 5.74) is 8.80. The number of pyridine rings is 1. The molecule has 0 bridgehead atoms. The Morgan fingerprint density at radius 2 is 1.68 bits per heavy atom. The number of hydrogen-bond acceptors (Lipinski definition) is 2. The number of halogens is 3. The highest BCUT2D eigenvalue weighted by Crippen LogP contribution is 2.28. The first-order valence-electron chi connectivity index (χ1n) is 5.25. The number of anilines is 1. The fourth-order valence-electron chi connectivity index (χ4n) is 1.86. The number of rotatable bonds is 1. The highest BCUT2D eigenvalue weighted by Gasteiger charge is 2.12. The number of fused-ring (bicyclic) bond motifs is 1. The van der Waals surface area contributed by atoms with Crippen molar-refractivity contribution in [2.24, 2.45) is 0 Å². The van der Waals surface area contributed by atoms with Gasteiger partial charge in [-0.1, -0.05) is 30.3 Å². The Morgan fingerprint density at radius 1 is 1.00 bits per heavy atom. The third-order valence-electron chi connectivity index (χ3n) is 2.69. The van der Waals surface area contributed by atoms with Gasteiger partial charge in [-0.3, -0.25) is 4.40 Å². The summed E-state index contributed by atoms with van der Waals surface area (Å²) in [6.07, 6.45) is 1.91. The van der Waals surface area contributed by atoms with E-state index in [1.54, 1.807) is 0 Å². The van der Waals surface area contributed by atoms with Crippen molar-refractivity contribution in [2.75, 3.05) is 5.73 Å². The van der Waals surface area contributed by atoms with Crippen molar-refractivity contribution in [3.63, 3.8) is 0 Å². The van der Waals surface area contributed by atoms with Crippen LogP contribution in [0.25, 0.3) is 16.9 Å². The number of nitrogens with zero attached hydrogens (tertiary/aromatic N) is 2. The van der Waals surface area contributed by atoms with Crippen molar-refractivity contribution in [3.05, 3.63) is 53.1 Å². The molecule has 0 radical (unpaired) electrons. The fourth-order valence-corrected chi connectivity index (χ4v) is 2.29. The van der Waals surface area contributed by atoms with Gasteiger partial charge in [-0.05, 0) is 28.1 Å². The zero-order chi connectivity index (χ0) is 11.8.